The molecule has 0 aliphatic heterocycles. The summed E-state index contributed by atoms with van der Waals surface area (Å²) in [4.78, 5) is 25.2. The normalized spacial score (nSPS) is 10.6. The molecule has 1 N–H and O–H groups in total. The van der Waals surface area contributed by atoms with Gasteiger partial charge in [-0.1, -0.05) is 18.5 Å². The lowest BCUT2D eigenvalue weighted by molar-refractivity contribution is 0.776. The molecule has 0 spiro atoms. The van der Waals surface area contributed by atoms with Gasteiger partial charge in [0.05, 0.1) is 0 Å². The summed E-state index contributed by atoms with van der Waals surface area (Å²) in [7, 11) is 0. The van der Waals surface area contributed by atoms with Gasteiger partial charge in [-0.15, -0.1) is 0 Å². The van der Waals surface area contributed by atoms with E-state index in [2.05, 4.69) is 21.9 Å². The Morgan fingerprint density at radius 3 is 2.60 bits per heavy atom. The van der Waals surface area contributed by atoms with Crippen molar-refractivity contribution in [3.63, 3.8) is 0 Å². The van der Waals surface area contributed by atoms with Crippen LogP contribution in [-0.4, -0.2) is 28.0 Å². The Bertz CT molecular complexity index is 627. The van der Waals surface area contributed by atoms with E-state index in [-0.39, 0.29) is 10.6 Å². The Hall–Kier alpha value is -1.88. The minimum absolute atomic E-state index is 0.137. The van der Waals surface area contributed by atoms with Gasteiger partial charge in [0.1, 0.15) is 10.8 Å². The first kappa shape index (κ1) is 14.5. The molecule has 106 valence electrons. The largest absolute Gasteiger partial charge is 0.355 e. The summed E-state index contributed by atoms with van der Waals surface area (Å²) in [5.41, 5.74) is 0.487. The third-order valence-corrected chi connectivity index (χ3v) is 3.31. The Morgan fingerprint density at radius 1 is 1.30 bits per heavy atom. The van der Waals surface area contributed by atoms with Crippen molar-refractivity contribution in [2.45, 2.75) is 20.3 Å². The monoisotopic (exact) mass is 292 g/mol. The standard InChI is InChI=1S/C14H17ClN4O/c1-3-9-19(4-2)13-11(15)14(20)18-12(17-13)10-5-7-16-8-6-10/h5-8H,3-4,9H2,1-2H3,(H,17,18,20). The second-order valence-corrected chi connectivity index (χ2v) is 4.75. The number of aromatic nitrogens is 3. The maximum Gasteiger partial charge on any atom is 0.272 e. The molecule has 0 bridgehead atoms. The van der Waals surface area contributed by atoms with E-state index in [1.165, 1.54) is 0 Å². The molecule has 0 fully saturated rings. The quantitative estimate of drug-likeness (QED) is 0.920. The van der Waals surface area contributed by atoms with Crippen LogP contribution in [0.25, 0.3) is 11.4 Å². The van der Waals surface area contributed by atoms with E-state index in [1.54, 1.807) is 24.5 Å². The fourth-order valence-electron chi connectivity index (χ4n) is 1.99. The van der Waals surface area contributed by atoms with E-state index in [1.807, 2.05) is 11.8 Å². The van der Waals surface area contributed by atoms with Crippen molar-refractivity contribution in [1.82, 2.24) is 15.0 Å². The van der Waals surface area contributed by atoms with Crippen molar-refractivity contribution in [3.05, 3.63) is 39.9 Å². The number of halogens is 1. The van der Waals surface area contributed by atoms with E-state index < -0.39 is 0 Å². The van der Waals surface area contributed by atoms with Gasteiger partial charge in [-0.25, -0.2) is 4.98 Å². The summed E-state index contributed by atoms with van der Waals surface area (Å²) in [6.45, 7) is 5.65. The van der Waals surface area contributed by atoms with Gasteiger partial charge in [-0.3, -0.25) is 9.78 Å². The third kappa shape index (κ3) is 2.99. The summed E-state index contributed by atoms with van der Waals surface area (Å²) in [5.74, 6) is 1.04. The first-order valence-electron chi connectivity index (χ1n) is 6.62. The van der Waals surface area contributed by atoms with Crippen LogP contribution in [0.1, 0.15) is 20.3 Å². The van der Waals surface area contributed by atoms with Gasteiger partial charge in [-0.2, -0.15) is 0 Å². The molecule has 2 rings (SSSR count). The molecule has 2 aromatic rings. The summed E-state index contributed by atoms with van der Waals surface area (Å²) in [6.07, 6.45) is 4.28. The molecule has 0 aliphatic rings. The smallest absolute Gasteiger partial charge is 0.272 e. The zero-order valence-corrected chi connectivity index (χ0v) is 12.3. The van der Waals surface area contributed by atoms with Crippen molar-refractivity contribution in [3.8, 4) is 11.4 Å². The molecule has 0 radical (unpaired) electrons. The number of pyridine rings is 1. The van der Waals surface area contributed by atoms with Crippen LogP contribution in [-0.2, 0) is 0 Å². The van der Waals surface area contributed by atoms with Crippen LogP contribution in [0.4, 0.5) is 5.82 Å². The summed E-state index contributed by atoms with van der Waals surface area (Å²) in [5, 5.41) is 0.137. The number of anilines is 1. The zero-order chi connectivity index (χ0) is 14.5. The molecule has 0 atom stereocenters. The Morgan fingerprint density at radius 2 is 2.00 bits per heavy atom. The molecule has 0 saturated carbocycles. The molecule has 20 heavy (non-hydrogen) atoms. The number of hydrogen-bond donors (Lipinski definition) is 1. The topological polar surface area (TPSA) is 61.9 Å². The highest BCUT2D eigenvalue weighted by atomic mass is 35.5. The SMILES string of the molecule is CCCN(CC)c1nc(-c2ccncc2)[nH]c(=O)c1Cl. The van der Waals surface area contributed by atoms with E-state index in [9.17, 15) is 4.79 Å². The highest BCUT2D eigenvalue weighted by molar-refractivity contribution is 6.32. The summed E-state index contributed by atoms with van der Waals surface area (Å²) < 4.78 is 0. The van der Waals surface area contributed by atoms with Gasteiger partial charge < -0.3 is 9.88 Å². The van der Waals surface area contributed by atoms with E-state index >= 15 is 0 Å². The molecule has 0 aromatic carbocycles. The molecule has 2 heterocycles. The van der Waals surface area contributed by atoms with Crippen LogP contribution in [0.3, 0.4) is 0 Å². The number of H-pyrrole nitrogens is 1. The molecular formula is C14H17ClN4O. The first-order chi connectivity index (χ1) is 9.67. The zero-order valence-electron chi connectivity index (χ0n) is 11.6. The number of nitrogens with zero attached hydrogens (tertiary/aromatic N) is 3. The van der Waals surface area contributed by atoms with Crippen LogP contribution >= 0.6 is 11.6 Å². The second kappa shape index (κ2) is 6.52. The summed E-state index contributed by atoms with van der Waals surface area (Å²) in [6, 6.07) is 3.60. The fraction of sp³-hybridized carbons (Fsp3) is 0.357. The second-order valence-electron chi connectivity index (χ2n) is 4.37. The lowest BCUT2D eigenvalue weighted by atomic mass is 10.2. The maximum absolute atomic E-state index is 12.0. The lowest BCUT2D eigenvalue weighted by Crippen LogP contribution is -2.27. The summed E-state index contributed by atoms with van der Waals surface area (Å²) >= 11 is 6.10. The van der Waals surface area contributed by atoms with Gasteiger partial charge in [0.25, 0.3) is 5.56 Å². The average molecular weight is 293 g/mol. The van der Waals surface area contributed by atoms with Crippen LogP contribution < -0.4 is 10.5 Å². The predicted molar refractivity (Wildman–Crippen MR) is 81.3 cm³/mol. The number of nitrogens with one attached hydrogen (secondary N) is 1. The van der Waals surface area contributed by atoms with Gasteiger partial charge in [0.15, 0.2) is 5.82 Å². The van der Waals surface area contributed by atoms with Gasteiger partial charge in [0.2, 0.25) is 0 Å². The third-order valence-electron chi connectivity index (χ3n) is 2.97. The van der Waals surface area contributed by atoms with Crippen LogP contribution in [0, 0.1) is 0 Å². The first-order valence-corrected chi connectivity index (χ1v) is 7.00. The molecule has 6 heteroatoms. The van der Waals surface area contributed by atoms with Crippen molar-refractivity contribution in [1.29, 1.82) is 0 Å². The van der Waals surface area contributed by atoms with Crippen molar-refractivity contribution >= 4 is 17.4 Å². The van der Waals surface area contributed by atoms with E-state index in [0.717, 1.165) is 25.1 Å². The van der Waals surface area contributed by atoms with Gasteiger partial charge in [-0.05, 0) is 25.5 Å². The number of rotatable bonds is 5. The average Bonchev–Trinajstić information content (AvgIpc) is 2.48. The van der Waals surface area contributed by atoms with Crippen LogP contribution in [0.2, 0.25) is 5.02 Å². The lowest BCUT2D eigenvalue weighted by Gasteiger charge is -2.22. The highest BCUT2D eigenvalue weighted by Gasteiger charge is 2.15. The number of hydrogen-bond acceptors (Lipinski definition) is 4. The molecule has 0 unspecified atom stereocenters. The highest BCUT2D eigenvalue weighted by Crippen LogP contribution is 2.22. The molecule has 2 aromatic heterocycles. The Labute approximate surface area is 122 Å². The Balaban J connectivity index is 2.52. The molecule has 0 saturated heterocycles. The minimum atomic E-state index is -0.321. The van der Waals surface area contributed by atoms with Gasteiger partial charge in [0, 0.05) is 31.0 Å². The van der Waals surface area contributed by atoms with E-state index in [4.69, 9.17) is 11.6 Å². The fourth-order valence-corrected chi connectivity index (χ4v) is 2.20. The molecule has 0 amide bonds. The van der Waals surface area contributed by atoms with Crippen LogP contribution in [0.15, 0.2) is 29.3 Å². The maximum atomic E-state index is 12.0. The minimum Gasteiger partial charge on any atom is -0.355 e. The van der Waals surface area contributed by atoms with Crippen molar-refractivity contribution in [2.24, 2.45) is 0 Å². The van der Waals surface area contributed by atoms with Crippen molar-refractivity contribution in [2.75, 3.05) is 18.0 Å². The van der Waals surface area contributed by atoms with Gasteiger partial charge >= 0.3 is 0 Å². The predicted octanol–water partition coefficient (Wildman–Crippen LogP) is 2.72. The van der Waals surface area contributed by atoms with Crippen molar-refractivity contribution < 1.29 is 0 Å². The Kier molecular flexibility index (Phi) is 4.74. The number of aromatic amines is 1. The van der Waals surface area contributed by atoms with Crippen LogP contribution in [0.5, 0.6) is 0 Å². The molecule has 5 nitrogen and oxygen atoms in total. The molecular weight excluding hydrogens is 276 g/mol. The van der Waals surface area contributed by atoms with E-state index in [0.29, 0.717) is 11.6 Å². The molecule has 0 aliphatic carbocycles.